The SMILES string of the molecule is Nc1nccc(Oc2ccc(F)cc2[N+](=O)[O-])n1. The highest BCUT2D eigenvalue weighted by atomic mass is 19.1. The van der Waals surface area contributed by atoms with Crippen LogP contribution in [-0.2, 0) is 0 Å². The molecule has 2 N–H and O–H groups in total. The number of nitrogen functional groups attached to an aromatic ring is 1. The lowest BCUT2D eigenvalue weighted by Gasteiger charge is -2.05. The summed E-state index contributed by atoms with van der Waals surface area (Å²) in [7, 11) is 0. The van der Waals surface area contributed by atoms with Gasteiger partial charge in [0, 0.05) is 12.3 Å². The van der Waals surface area contributed by atoms with Crippen LogP contribution in [0.3, 0.4) is 0 Å². The summed E-state index contributed by atoms with van der Waals surface area (Å²) in [6.07, 6.45) is 1.34. The number of anilines is 1. The second-order valence-electron chi connectivity index (χ2n) is 3.22. The third kappa shape index (κ3) is 2.48. The smallest absolute Gasteiger partial charge is 0.314 e. The molecule has 0 aliphatic rings. The van der Waals surface area contributed by atoms with Gasteiger partial charge < -0.3 is 10.5 Å². The van der Waals surface area contributed by atoms with Gasteiger partial charge in [0.05, 0.1) is 11.0 Å². The van der Waals surface area contributed by atoms with Gasteiger partial charge in [0.2, 0.25) is 17.6 Å². The van der Waals surface area contributed by atoms with Gasteiger partial charge in [-0.2, -0.15) is 4.98 Å². The first kappa shape index (κ1) is 11.7. The van der Waals surface area contributed by atoms with E-state index in [9.17, 15) is 14.5 Å². The molecule has 0 saturated heterocycles. The van der Waals surface area contributed by atoms with Gasteiger partial charge >= 0.3 is 5.69 Å². The van der Waals surface area contributed by atoms with Crippen molar-refractivity contribution in [1.29, 1.82) is 0 Å². The van der Waals surface area contributed by atoms with E-state index >= 15 is 0 Å². The molecule has 18 heavy (non-hydrogen) atoms. The van der Waals surface area contributed by atoms with Crippen LogP contribution in [0.5, 0.6) is 11.6 Å². The summed E-state index contributed by atoms with van der Waals surface area (Å²) in [6.45, 7) is 0. The monoisotopic (exact) mass is 250 g/mol. The molecule has 1 aromatic heterocycles. The molecule has 1 aromatic carbocycles. The van der Waals surface area contributed by atoms with Crippen molar-refractivity contribution in [3.05, 3.63) is 46.4 Å². The van der Waals surface area contributed by atoms with E-state index in [0.717, 1.165) is 18.2 Å². The molecular weight excluding hydrogens is 243 g/mol. The van der Waals surface area contributed by atoms with Crippen LogP contribution < -0.4 is 10.5 Å². The van der Waals surface area contributed by atoms with Crippen molar-refractivity contribution >= 4 is 11.6 Å². The highest BCUT2D eigenvalue weighted by Gasteiger charge is 2.17. The molecule has 0 bridgehead atoms. The number of nitro groups is 1. The molecule has 0 radical (unpaired) electrons. The van der Waals surface area contributed by atoms with E-state index in [-0.39, 0.29) is 17.6 Å². The molecule has 7 nitrogen and oxygen atoms in total. The lowest BCUT2D eigenvalue weighted by atomic mass is 10.3. The minimum Gasteiger partial charge on any atom is -0.432 e. The predicted molar refractivity (Wildman–Crippen MR) is 59.6 cm³/mol. The molecule has 8 heteroatoms. The lowest BCUT2D eigenvalue weighted by molar-refractivity contribution is -0.385. The molecule has 0 saturated carbocycles. The van der Waals surface area contributed by atoms with Crippen LogP contribution in [0.15, 0.2) is 30.5 Å². The van der Waals surface area contributed by atoms with Crippen molar-refractivity contribution in [2.45, 2.75) is 0 Å². The highest BCUT2D eigenvalue weighted by molar-refractivity contribution is 5.47. The predicted octanol–water partition coefficient (Wildman–Crippen LogP) is 1.90. The van der Waals surface area contributed by atoms with E-state index < -0.39 is 16.4 Å². The number of hydrogen-bond donors (Lipinski definition) is 1. The summed E-state index contributed by atoms with van der Waals surface area (Å²) in [5, 5.41) is 10.7. The van der Waals surface area contributed by atoms with E-state index in [4.69, 9.17) is 10.5 Å². The Morgan fingerprint density at radius 1 is 1.39 bits per heavy atom. The number of aromatic nitrogens is 2. The number of rotatable bonds is 3. The number of benzene rings is 1. The number of halogens is 1. The largest absolute Gasteiger partial charge is 0.432 e. The number of ether oxygens (including phenoxy) is 1. The summed E-state index contributed by atoms with van der Waals surface area (Å²) in [6, 6.07) is 4.34. The van der Waals surface area contributed by atoms with Gasteiger partial charge in [-0.15, -0.1) is 0 Å². The number of nitrogens with zero attached hydrogens (tertiary/aromatic N) is 3. The zero-order valence-electron chi connectivity index (χ0n) is 8.91. The fourth-order valence-corrected chi connectivity index (χ4v) is 1.25. The standard InChI is InChI=1S/C10H7FN4O3/c11-6-1-2-8(7(5-6)15(16)17)18-9-3-4-13-10(12)14-9/h1-5H,(H2,12,13,14). The van der Waals surface area contributed by atoms with Crippen molar-refractivity contribution < 1.29 is 14.1 Å². The first-order valence-electron chi connectivity index (χ1n) is 4.76. The molecule has 0 atom stereocenters. The Bertz CT molecular complexity index is 605. The van der Waals surface area contributed by atoms with Gasteiger partial charge in [0.15, 0.2) is 0 Å². The first-order chi connectivity index (χ1) is 8.56. The second kappa shape index (κ2) is 4.62. The van der Waals surface area contributed by atoms with Crippen LogP contribution >= 0.6 is 0 Å². The average Bonchev–Trinajstić information content (AvgIpc) is 2.31. The fraction of sp³-hybridized carbons (Fsp3) is 0. The zero-order valence-corrected chi connectivity index (χ0v) is 8.91. The van der Waals surface area contributed by atoms with Gasteiger partial charge in [-0.3, -0.25) is 10.1 Å². The van der Waals surface area contributed by atoms with Crippen molar-refractivity contribution in [2.24, 2.45) is 0 Å². The number of hydrogen-bond acceptors (Lipinski definition) is 6. The van der Waals surface area contributed by atoms with Gasteiger partial charge in [0.1, 0.15) is 5.82 Å². The average molecular weight is 250 g/mol. The third-order valence-corrected chi connectivity index (χ3v) is 1.98. The minimum atomic E-state index is -0.747. The van der Waals surface area contributed by atoms with Crippen molar-refractivity contribution in [1.82, 2.24) is 9.97 Å². The molecule has 2 rings (SSSR count). The molecule has 0 spiro atoms. The molecule has 0 amide bonds. The Morgan fingerprint density at radius 3 is 2.83 bits per heavy atom. The minimum absolute atomic E-state index is 0.0303. The molecular formula is C10H7FN4O3. The number of nitrogens with two attached hydrogens (primary N) is 1. The van der Waals surface area contributed by atoms with Crippen molar-refractivity contribution in [2.75, 3.05) is 5.73 Å². The maximum absolute atomic E-state index is 12.9. The van der Waals surface area contributed by atoms with E-state index in [1.807, 2.05) is 0 Å². The Hall–Kier alpha value is -2.77. The van der Waals surface area contributed by atoms with E-state index in [1.165, 1.54) is 12.3 Å². The normalized spacial score (nSPS) is 10.1. The van der Waals surface area contributed by atoms with Crippen molar-refractivity contribution in [3.63, 3.8) is 0 Å². The molecule has 0 aliphatic heterocycles. The lowest BCUT2D eigenvalue weighted by Crippen LogP contribution is -1.98. The highest BCUT2D eigenvalue weighted by Crippen LogP contribution is 2.30. The maximum Gasteiger partial charge on any atom is 0.314 e. The quantitative estimate of drug-likeness (QED) is 0.658. The summed E-state index contributed by atoms with van der Waals surface area (Å²) in [4.78, 5) is 17.4. The van der Waals surface area contributed by atoms with E-state index in [0.29, 0.717) is 0 Å². The Kier molecular flexibility index (Phi) is 3.00. The van der Waals surface area contributed by atoms with Crippen LogP contribution in [0, 0.1) is 15.9 Å². The van der Waals surface area contributed by atoms with Crippen LogP contribution in [0.1, 0.15) is 0 Å². The topological polar surface area (TPSA) is 104 Å². The van der Waals surface area contributed by atoms with Crippen LogP contribution in [0.2, 0.25) is 0 Å². The molecule has 0 unspecified atom stereocenters. The van der Waals surface area contributed by atoms with Crippen LogP contribution in [0.4, 0.5) is 16.0 Å². The molecule has 0 aliphatic carbocycles. The van der Waals surface area contributed by atoms with Gasteiger partial charge in [0.25, 0.3) is 0 Å². The zero-order chi connectivity index (χ0) is 13.1. The number of nitro benzene ring substituents is 1. The Labute approximate surface area is 100 Å². The Morgan fingerprint density at radius 2 is 2.17 bits per heavy atom. The summed E-state index contributed by atoms with van der Waals surface area (Å²) < 4.78 is 18.1. The summed E-state index contributed by atoms with van der Waals surface area (Å²) >= 11 is 0. The van der Waals surface area contributed by atoms with Gasteiger partial charge in [-0.05, 0) is 12.1 Å². The van der Waals surface area contributed by atoms with E-state index in [2.05, 4.69) is 9.97 Å². The molecule has 1 heterocycles. The molecule has 92 valence electrons. The van der Waals surface area contributed by atoms with Crippen LogP contribution in [0.25, 0.3) is 0 Å². The first-order valence-corrected chi connectivity index (χ1v) is 4.76. The van der Waals surface area contributed by atoms with Gasteiger partial charge in [-0.25, -0.2) is 9.37 Å². The van der Waals surface area contributed by atoms with E-state index in [1.54, 1.807) is 0 Å². The fourth-order valence-electron chi connectivity index (χ4n) is 1.25. The summed E-state index contributed by atoms with van der Waals surface area (Å²) in [5.74, 6) is -0.842. The van der Waals surface area contributed by atoms with Crippen LogP contribution in [-0.4, -0.2) is 14.9 Å². The third-order valence-electron chi connectivity index (χ3n) is 1.98. The van der Waals surface area contributed by atoms with Crippen molar-refractivity contribution in [3.8, 4) is 11.6 Å². The maximum atomic E-state index is 12.9. The second-order valence-corrected chi connectivity index (χ2v) is 3.22. The Balaban J connectivity index is 2.37. The molecule has 2 aromatic rings. The van der Waals surface area contributed by atoms with Gasteiger partial charge in [-0.1, -0.05) is 0 Å². The summed E-state index contributed by atoms with van der Waals surface area (Å²) in [5.41, 5.74) is 4.84. The molecule has 0 fully saturated rings.